The molecule has 1 unspecified atom stereocenters. The van der Waals surface area contributed by atoms with E-state index in [0.29, 0.717) is 17.8 Å². The smallest absolute Gasteiger partial charge is 0.134 e. The first kappa shape index (κ1) is 14.3. The minimum atomic E-state index is -0.279. The zero-order valence-electron chi connectivity index (χ0n) is 11.1. The standard InChI is InChI=1S/C16H14BrFN2O/c17-12-3-1-2-10(6-12)7-14(20-19)16-9-11-8-13(18)4-5-15(11)21-16/h1-6,8-9,14,20H,7,19H2. The summed E-state index contributed by atoms with van der Waals surface area (Å²) in [7, 11) is 0. The zero-order valence-corrected chi connectivity index (χ0v) is 12.7. The zero-order chi connectivity index (χ0) is 14.8. The van der Waals surface area contributed by atoms with Crippen LogP contribution in [0.15, 0.2) is 57.4 Å². The summed E-state index contributed by atoms with van der Waals surface area (Å²) in [5.41, 5.74) is 4.54. The molecule has 2 aromatic carbocycles. The van der Waals surface area contributed by atoms with Gasteiger partial charge in [0.15, 0.2) is 0 Å². The van der Waals surface area contributed by atoms with Crippen molar-refractivity contribution in [1.29, 1.82) is 0 Å². The quantitative estimate of drug-likeness (QED) is 0.551. The predicted molar refractivity (Wildman–Crippen MR) is 84.1 cm³/mol. The van der Waals surface area contributed by atoms with Gasteiger partial charge in [0.25, 0.3) is 0 Å². The molecule has 0 spiro atoms. The molecule has 1 aromatic heterocycles. The van der Waals surface area contributed by atoms with Gasteiger partial charge in [-0.05, 0) is 48.4 Å². The van der Waals surface area contributed by atoms with Gasteiger partial charge in [-0.3, -0.25) is 5.84 Å². The minimum Gasteiger partial charge on any atom is -0.459 e. The maximum atomic E-state index is 13.2. The Morgan fingerprint density at radius 3 is 2.81 bits per heavy atom. The molecule has 0 amide bonds. The minimum absolute atomic E-state index is 0.172. The van der Waals surface area contributed by atoms with Crippen LogP contribution in [0.1, 0.15) is 17.4 Å². The summed E-state index contributed by atoms with van der Waals surface area (Å²) in [4.78, 5) is 0. The van der Waals surface area contributed by atoms with E-state index in [1.165, 1.54) is 12.1 Å². The third-order valence-electron chi connectivity index (χ3n) is 3.37. The van der Waals surface area contributed by atoms with Crippen molar-refractivity contribution >= 4 is 26.9 Å². The van der Waals surface area contributed by atoms with E-state index in [2.05, 4.69) is 21.4 Å². The van der Waals surface area contributed by atoms with E-state index >= 15 is 0 Å². The molecule has 5 heteroatoms. The number of hydrogen-bond acceptors (Lipinski definition) is 3. The van der Waals surface area contributed by atoms with Crippen molar-refractivity contribution in [2.24, 2.45) is 5.84 Å². The van der Waals surface area contributed by atoms with Crippen molar-refractivity contribution in [3.8, 4) is 0 Å². The predicted octanol–water partition coefficient (Wildman–Crippen LogP) is 4.08. The Labute approximate surface area is 130 Å². The molecule has 3 nitrogen and oxygen atoms in total. The molecule has 0 saturated carbocycles. The molecule has 1 atom stereocenters. The number of rotatable bonds is 4. The summed E-state index contributed by atoms with van der Waals surface area (Å²) < 4.78 is 20.0. The van der Waals surface area contributed by atoms with E-state index in [0.717, 1.165) is 15.4 Å². The summed E-state index contributed by atoms with van der Waals surface area (Å²) in [5, 5.41) is 0.736. The lowest BCUT2D eigenvalue weighted by Gasteiger charge is -2.13. The molecule has 0 aliphatic rings. The largest absolute Gasteiger partial charge is 0.459 e. The lowest BCUT2D eigenvalue weighted by atomic mass is 10.0. The maximum Gasteiger partial charge on any atom is 0.134 e. The molecule has 0 aliphatic carbocycles. The Morgan fingerprint density at radius 1 is 1.19 bits per heavy atom. The van der Waals surface area contributed by atoms with Gasteiger partial charge in [0, 0.05) is 9.86 Å². The van der Waals surface area contributed by atoms with Crippen molar-refractivity contribution in [1.82, 2.24) is 5.43 Å². The fraction of sp³-hybridized carbons (Fsp3) is 0.125. The molecule has 1 heterocycles. The Kier molecular flexibility index (Phi) is 4.05. The summed E-state index contributed by atoms with van der Waals surface area (Å²) >= 11 is 3.45. The van der Waals surface area contributed by atoms with Crippen LogP contribution in [-0.4, -0.2) is 0 Å². The van der Waals surface area contributed by atoms with Gasteiger partial charge in [-0.15, -0.1) is 0 Å². The summed E-state index contributed by atoms with van der Waals surface area (Å²) in [5.74, 6) is 6.06. The van der Waals surface area contributed by atoms with Crippen LogP contribution in [0.4, 0.5) is 4.39 Å². The van der Waals surface area contributed by atoms with Crippen LogP contribution in [0.3, 0.4) is 0 Å². The normalized spacial score (nSPS) is 12.7. The van der Waals surface area contributed by atoms with Crippen LogP contribution >= 0.6 is 15.9 Å². The van der Waals surface area contributed by atoms with E-state index in [9.17, 15) is 4.39 Å². The molecular weight excluding hydrogens is 335 g/mol. The topological polar surface area (TPSA) is 51.2 Å². The molecule has 3 aromatic rings. The van der Waals surface area contributed by atoms with Crippen molar-refractivity contribution in [2.45, 2.75) is 12.5 Å². The molecule has 0 aliphatic heterocycles. The lowest BCUT2D eigenvalue weighted by molar-refractivity contribution is 0.434. The Morgan fingerprint density at radius 2 is 2.05 bits per heavy atom. The number of hydrazine groups is 1. The Balaban J connectivity index is 1.90. The molecule has 0 saturated heterocycles. The van der Waals surface area contributed by atoms with Gasteiger partial charge in [0.2, 0.25) is 0 Å². The Hall–Kier alpha value is -1.69. The monoisotopic (exact) mass is 348 g/mol. The van der Waals surface area contributed by atoms with Crippen molar-refractivity contribution < 1.29 is 8.81 Å². The highest BCUT2D eigenvalue weighted by atomic mass is 79.9. The fourth-order valence-corrected chi connectivity index (χ4v) is 2.79. The van der Waals surface area contributed by atoms with Gasteiger partial charge in [-0.25, -0.2) is 9.82 Å². The number of benzene rings is 2. The van der Waals surface area contributed by atoms with Crippen LogP contribution < -0.4 is 11.3 Å². The Bertz CT molecular complexity index is 772. The van der Waals surface area contributed by atoms with Crippen molar-refractivity contribution in [3.63, 3.8) is 0 Å². The summed E-state index contributed by atoms with van der Waals surface area (Å²) in [6.07, 6.45) is 0.679. The summed E-state index contributed by atoms with van der Waals surface area (Å²) in [6, 6.07) is 14.1. The second kappa shape index (κ2) is 5.97. The molecule has 0 bridgehead atoms. The second-order valence-electron chi connectivity index (χ2n) is 4.88. The van der Waals surface area contributed by atoms with E-state index in [-0.39, 0.29) is 11.9 Å². The first-order valence-corrected chi connectivity index (χ1v) is 7.34. The van der Waals surface area contributed by atoms with Crippen LogP contribution in [-0.2, 0) is 6.42 Å². The van der Waals surface area contributed by atoms with Crippen LogP contribution in [0.2, 0.25) is 0 Å². The van der Waals surface area contributed by atoms with Crippen molar-refractivity contribution in [2.75, 3.05) is 0 Å². The lowest BCUT2D eigenvalue weighted by Crippen LogP contribution is -2.29. The molecule has 0 radical (unpaired) electrons. The third kappa shape index (κ3) is 3.15. The van der Waals surface area contributed by atoms with Gasteiger partial charge in [-0.1, -0.05) is 28.1 Å². The highest BCUT2D eigenvalue weighted by Gasteiger charge is 2.16. The maximum absolute atomic E-state index is 13.2. The fourth-order valence-electron chi connectivity index (χ4n) is 2.35. The number of furan rings is 1. The highest BCUT2D eigenvalue weighted by Crippen LogP contribution is 2.27. The van der Waals surface area contributed by atoms with E-state index in [4.69, 9.17) is 10.3 Å². The van der Waals surface area contributed by atoms with Crippen LogP contribution in [0, 0.1) is 5.82 Å². The van der Waals surface area contributed by atoms with E-state index < -0.39 is 0 Å². The average Bonchev–Trinajstić information content (AvgIpc) is 2.87. The van der Waals surface area contributed by atoms with Crippen molar-refractivity contribution in [3.05, 3.63) is 70.1 Å². The molecule has 0 fully saturated rings. The molecular formula is C16H14BrFN2O. The number of halogens is 2. The SMILES string of the molecule is NNC(Cc1cccc(Br)c1)c1cc2cc(F)ccc2o1. The second-order valence-corrected chi connectivity index (χ2v) is 5.80. The van der Waals surface area contributed by atoms with E-state index in [1.807, 2.05) is 30.3 Å². The molecule has 108 valence electrons. The van der Waals surface area contributed by atoms with Gasteiger partial charge in [0.1, 0.15) is 17.2 Å². The number of hydrogen-bond donors (Lipinski definition) is 2. The van der Waals surface area contributed by atoms with Gasteiger partial charge in [0.05, 0.1) is 6.04 Å². The first-order chi connectivity index (χ1) is 10.2. The van der Waals surface area contributed by atoms with Crippen LogP contribution in [0.5, 0.6) is 0 Å². The van der Waals surface area contributed by atoms with Gasteiger partial charge in [-0.2, -0.15) is 0 Å². The highest BCUT2D eigenvalue weighted by molar-refractivity contribution is 9.10. The van der Waals surface area contributed by atoms with Gasteiger partial charge < -0.3 is 4.42 Å². The van der Waals surface area contributed by atoms with Crippen LogP contribution in [0.25, 0.3) is 11.0 Å². The average molecular weight is 349 g/mol. The molecule has 21 heavy (non-hydrogen) atoms. The number of nitrogens with one attached hydrogen (secondary N) is 1. The molecule has 3 N–H and O–H groups in total. The first-order valence-electron chi connectivity index (χ1n) is 6.55. The molecule has 3 rings (SSSR count). The van der Waals surface area contributed by atoms with Gasteiger partial charge >= 0.3 is 0 Å². The van der Waals surface area contributed by atoms with E-state index in [1.54, 1.807) is 6.07 Å². The number of nitrogens with two attached hydrogens (primary N) is 1. The summed E-state index contributed by atoms with van der Waals surface area (Å²) in [6.45, 7) is 0. The number of fused-ring (bicyclic) bond motifs is 1. The third-order valence-corrected chi connectivity index (χ3v) is 3.86.